The highest BCUT2D eigenvalue weighted by Gasteiger charge is 2.14. The number of methoxy groups -OCH3 is 1. The monoisotopic (exact) mass is 374 g/mol. The third-order valence-electron chi connectivity index (χ3n) is 3.71. The van der Waals surface area contributed by atoms with Crippen molar-refractivity contribution < 1.29 is 13.2 Å². The number of ether oxygens (including phenoxy) is 1. The lowest BCUT2D eigenvalue weighted by molar-refractivity contribution is 0.414. The first-order valence-electron chi connectivity index (χ1n) is 7.60. The lowest BCUT2D eigenvalue weighted by Gasteiger charge is -2.03. The quantitative estimate of drug-likeness (QED) is 0.642. The van der Waals surface area contributed by atoms with Gasteiger partial charge in [-0.3, -0.25) is 0 Å². The molecule has 0 atom stereocenters. The molecule has 0 amide bonds. The van der Waals surface area contributed by atoms with Crippen LogP contribution >= 0.6 is 11.3 Å². The summed E-state index contributed by atoms with van der Waals surface area (Å²) in [5.41, 5.74) is 2.06. The number of allylic oxidation sites excluding steroid dienone is 1. The molecule has 0 saturated carbocycles. The fraction of sp³-hybridized carbons (Fsp3) is 0.167. The Hall–Kier alpha value is -2.38. The fourth-order valence-corrected chi connectivity index (χ4v) is 4.80. The Labute approximate surface area is 150 Å². The largest absolute Gasteiger partial charge is 0.497 e. The average Bonchev–Trinajstić information content (AvgIpc) is 2.91. The van der Waals surface area contributed by atoms with Crippen LogP contribution in [0.5, 0.6) is 5.75 Å². The number of sulfonamides is 1. The summed E-state index contributed by atoms with van der Waals surface area (Å²) in [6, 6.07) is 12.2. The Balaban J connectivity index is 2.18. The van der Waals surface area contributed by atoms with Crippen LogP contribution in [0.3, 0.4) is 0 Å². The first-order chi connectivity index (χ1) is 11.9. The highest BCUT2D eigenvalue weighted by Crippen LogP contribution is 2.21. The lowest BCUT2D eigenvalue weighted by Crippen LogP contribution is -2.16. The van der Waals surface area contributed by atoms with Gasteiger partial charge in [0, 0.05) is 6.54 Å². The van der Waals surface area contributed by atoms with E-state index in [9.17, 15) is 8.42 Å². The molecule has 0 radical (unpaired) electrons. The molecule has 1 heterocycles. The van der Waals surface area contributed by atoms with Crippen molar-refractivity contribution in [2.24, 2.45) is 4.40 Å². The molecule has 25 heavy (non-hydrogen) atoms. The summed E-state index contributed by atoms with van der Waals surface area (Å²) >= 11 is 1.35. The number of rotatable bonds is 5. The number of thiazole rings is 1. The van der Waals surface area contributed by atoms with Gasteiger partial charge in [-0.05, 0) is 48.9 Å². The van der Waals surface area contributed by atoms with Gasteiger partial charge in [0.1, 0.15) is 5.75 Å². The van der Waals surface area contributed by atoms with Crippen LogP contribution in [0.2, 0.25) is 0 Å². The summed E-state index contributed by atoms with van der Waals surface area (Å²) in [5.74, 6) is 0.595. The predicted octanol–water partition coefficient (Wildman–Crippen LogP) is 3.50. The van der Waals surface area contributed by atoms with Crippen molar-refractivity contribution in [2.75, 3.05) is 7.11 Å². The Morgan fingerprint density at radius 1 is 1.24 bits per heavy atom. The van der Waals surface area contributed by atoms with Gasteiger partial charge in [-0.25, -0.2) is 0 Å². The Kier molecular flexibility index (Phi) is 4.78. The molecule has 3 aromatic rings. The first-order valence-corrected chi connectivity index (χ1v) is 9.86. The van der Waals surface area contributed by atoms with Crippen LogP contribution in [0.1, 0.15) is 5.56 Å². The summed E-state index contributed by atoms with van der Waals surface area (Å²) in [7, 11) is -2.28. The van der Waals surface area contributed by atoms with Gasteiger partial charge in [-0.15, -0.1) is 11.0 Å². The summed E-state index contributed by atoms with van der Waals surface area (Å²) in [6.07, 6.45) is 1.73. The third-order valence-corrected chi connectivity index (χ3v) is 6.14. The minimum Gasteiger partial charge on any atom is -0.497 e. The topological polar surface area (TPSA) is 60.7 Å². The van der Waals surface area contributed by atoms with E-state index in [0.717, 1.165) is 15.8 Å². The number of benzene rings is 2. The molecule has 7 heteroatoms. The zero-order chi connectivity index (χ0) is 18.0. The number of fused-ring (bicyclic) bond motifs is 1. The molecule has 3 rings (SSSR count). The molecule has 0 aliphatic carbocycles. The molecule has 2 aromatic carbocycles. The zero-order valence-corrected chi connectivity index (χ0v) is 15.6. The second kappa shape index (κ2) is 6.85. The second-order valence-electron chi connectivity index (χ2n) is 5.50. The van der Waals surface area contributed by atoms with E-state index < -0.39 is 10.0 Å². The molecule has 0 aliphatic heterocycles. The first kappa shape index (κ1) is 17.4. The van der Waals surface area contributed by atoms with E-state index in [1.54, 1.807) is 18.2 Å². The van der Waals surface area contributed by atoms with Crippen LogP contribution in [-0.2, 0) is 16.6 Å². The molecule has 0 spiro atoms. The van der Waals surface area contributed by atoms with Crippen LogP contribution < -0.4 is 9.54 Å². The normalized spacial score (nSPS) is 12.5. The maximum Gasteiger partial charge on any atom is 0.285 e. The molecule has 0 aliphatic rings. The molecular weight excluding hydrogens is 356 g/mol. The summed E-state index contributed by atoms with van der Waals surface area (Å²) in [5, 5.41) is 0. The second-order valence-corrected chi connectivity index (χ2v) is 8.11. The van der Waals surface area contributed by atoms with E-state index >= 15 is 0 Å². The van der Waals surface area contributed by atoms with E-state index in [4.69, 9.17) is 4.74 Å². The van der Waals surface area contributed by atoms with Crippen molar-refractivity contribution in [3.63, 3.8) is 0 Å². The molecule has 0 N–H and O–H groups in total. The lowest BCUT2D eigenvalue weighted by atomic mass is 10.2. The number of aromatic nitrogens is 1. The van der Waals surface area contributed by atoms with Crippen molar-refractivity contribution in [3.05, 3.63) is 65.5 Å². The van der Waals surface area contributed by atoms with Crippen LogP contribution in [0.4, 0.5) is 0 Å². The van der Waals surface area contributed by atoms with Gasteiger partial charge in [0.15, 0.2) is 0 Å². The van der Waals surface area contributed by atoms with Crippen molar-refractivity contribution in [1.29, 1.82) is 0 Å². The summed E-state index contributed by atoms with van der Waals surface area (Å²) in [4.78, 5) is 0.559. The highest BCUT2D eigenvalue weighted by atomic mass is 32.2. The van der Waals surface area contributed by atoms with Crippen molar-refractivity contribution in [3.8, 4) is 5.75 Å². The Bertz CT molecular complexity index is 1090. The van der Waals surface area contributed by atoms with Gasteiger partial charge >= 0.3 is 0 Å². The number of aryl methyl sites for hydroxylation is 1. The summed E-state index contributed by atoms with van der Waals surface area (Å²) < 4.78 is 37.3. The maximum atomic E-state index is 12.7. The van der Waals surface area contributed by atoms with Crippen LogP contribution in [-0.4, -0.2) is 20.1 Å². The predicted molar refractivity (Wildman–Crippen MR) is 100 cm³/mol. The molecule has 0 bridgehead atoms. The molecule has 130 valence electrons. The van der Waals surface area contributed by atoms with Crippen molar-refractivity contribution in [1.82, 2.24) is 4.57 Å². The van der Waals surface area contributed by atoms with Crippen molar-refractivity contribution >= 4 is 31.6 Å². The minimum absolute atomic E-state index is 0.132. The van der Waals surface area contributed by atoms with Crippen molar-refractivity contribution in [2.45, 2.75) is 18.4 Å². The van der Waals surface area contributed by atoms with Gasteiger partial charge in [0.05, 0.1) is 22.2 Å². The smallest absolute Gasteiger partial charge is 0.285 e. The molecule has 0 unspecified atom stereocenters. The highest BCUT2D eigenvalue weighted by molar-refractivity contribution is 7.90. The third kappa shape index (κ3) is 3.52. The van der Waals surface area contributed by atoms with Gasteiger partial charge in [-0.1, -0.05) is 23.5 Å². The van der Waals surface area contributed by atoms with Crippen LogP contribution in [0, 0.1) is 6.92 Å². The van der Waals surface area contributed by atoms with Gasteiger partial charge in [0.25, 0.3) is 10.0 Å². The number of nitrogens with zero attached hydrogens (tertiary/aromatic N) is 2. The van der Waals surface area contributed by atoms with E-state index in [0.29, 0.717) is 17.1 Å². The SMILES string of the molecule is C=CCn1/c(=N/S(=O)(=O)c2ccc(OC)cc2)sc2cc(C)ccc21. The molecule has 0 saturated heterocycles. The number of hydrogen-bond acceptors (Lipinski definition) is 4. The number of hydrogen-bond donors (Lipinski definition) is 0. The van der Waals surface area contributed by atoms with E-state index in [1.807, 2.05) is 29.7 Å². The minimum atomic E-state index is -3.81. The van der Waals surface area contributed by atoms with Crippen LogP contribution in [0.25, 0.3) is 10.2 Å². The molecular formula is C18H18N2O3S2. The molecule has 1 aromatic heterocycles. The van der Waals surface area contributed by atoms with Crippen LogP contribution in [0.15, 0.2) is 64.4 Å². The van der Waals surface area contributed by atoms with Gasteiger partial charge in [0.2, 0.25) is 4.80 Å². The zero-order valence-electron chi connectivity index (χ0n) is 14.0. The van der Waals surface area contributed by atoms with E-state index in [2.05, 4.69) is 11.0 Å². The average molecular weight is 374 g/mol. The molecule has 5 nitrogen and oxygen atoms in total. The molecule has 0 fully saturated rings. The standard InChI is InChI=1S/C18H18N2O3S2/c1-4-11-20-16-10-5-13(2)12-17(16)24-18(20)19-25(21,22)15-8-6-14(23-3)7-9-15/h4-10,12H,1,11H2,2-3H3/b19-18-. The van der Waals surface area contributed by atoms with E-state index in [1.165, 1.54) is 30.6 Å². The van der Waals surface area contributed by atoms with Gasteiger partial charge < -0.3 is 9.30 Å². The Morgan fingerprint density at radius 2 is 1.96 bits per heavy atom. The van der Waals surface area contributed by atoms with Gasteiger partial charge in [-0.2, -0.15) is 8.42 Å². The summed E-state index contributed by atoms with van der Waals surface area (Å²) in [6.45, 7) is 6.24. The van der Waals surface area contributed by atoms with E-state index in [-0.39, 0.29) is 4.90 Å². The maximum absolute atomic E-state index is 12.7. The Morgan fingerprint density at radius 3 is 2.60 bits per heavy atom. The fourth-order valence-electron chi connectivity index (χ4n) is 2.46.